The highest BCUT2D eigenvalue weighted by atomic mass is 16.1. The van der Waals surface area contributed by atoms with E-state index in [0.29, 0.717) is 5.56 Å². The summed E-state index contributed by atoms with van der Waals surface area (Å²) < 4.78 is 0. The molecule has 0 radical (unpaired) electrons. The van der Waals surface area contributed by atoms with Gasteiger partial charge in [0, 0.05) is 18.4 Å². The van der Waals surface area contributed by atoms with E-state index in [1.807, 2.05) is 32.0 Å². The highest BCUT2D eigenvalue weighted by molar-refractivity contribution is 6.04. The van der Waals surface area contributed by atoms with Crippen molar-refractivity contribution in [3.05, 3.63) is 53.2 Å². The van der Waals surface area contributed by atoms with Crippen molar-refractivity contribution in [2.75, 3.05) is 17.2 Å². The van der Waals surface area contributed by atoms with Crippen LogP contribution in [0.5, 0.6) is 0 Å². The molecule has 0 fully saturated rings. The van der Waals surface area contributed by atoms with Crippen LogP contribution in [0.15, 0.2) is 36.5 Å². The van der Waals surface area contributed by atoms with Gasteiger partial charge in [0.2, 0.25) is 0 Å². The molecule has 2 rings (SSSR count). The lowest BCUT2D eigenvalue weighted by atomic mass is 10.1. The Bertz CT molecular complexity index is 630. The fourth-order valence-corrected chi connectivity index (χ4v) is 2.47. The Balaban J connectivity index is 1.94. The minimum Gasteiger partial charge on any atom is -0.370 e. The van der Waals surface area contributed by atoms with Crippen molar-refractivity contribution >= 4 is 17.4 Å². The lowest BCUT2D eigenvalue weighted by Gasteiger charge is -2.09. The molecule has 1 aromatic carbocycles. The van der Waals surface area contributed by atoms with Crippen LogP contribution >= 0.6 is 0 Å². The van der Waals surface area contributed by atoms with Gasteiger partial charge in [-0.15, -0.1) is 0 Å². The number of anilines is 2. The lowest BCUT2D eigenvalue weighted by molar-refractivity contribution is 0.102. The number of aromatic nitrogens is 1. The zero-order valence-electron chi connectivity index (χ0n) is 14.1. The third-order valence-electron chi connectivity index (χ3n) is 3.59. The minimum absolute atomic E-state index is 0.139. The van der Waals surface area contributed by atoms with Gasteiger partial charge in [-0.3, -0.25) is 4.79 Å². The Labute approximate surface area is 138 Å². The molecule has 23 heavy (non-hydrogen) atoms. The molecule has 4 nitrogen and oxygen atoms in total. The molecule has 1 amide bonds. The predicted molar refractivity (Wildman–Crippen MR) is 96.1 cm³/mol. The highest BCUT2D eigenvalue weighted by Crippen LogP contribution is 2.15. The number of amides is 1. The Kier molecular flexibility index (Phi) is 6.15. The molecule has 2 aromatic rings. The Hall–Kier alpha value is -2.36. The van der Waals surface area contributed by atoms with E-state index in [4.69, 9.17) is 0 Å². The van der Waals surface area contributed by atoms with Crippen LogP contribution in [0, 0.1) is 13.8 Å². The van der Waals surface area contributed by atoms with Crippen LogP contribution in [-0.2, 0) is 0 Å². The predicted octanol–water partition coefficient (Wildman–Crippen LogP) is 4.55. The molecule has 0 aliphatic rings. The van der Waals surface area contributed by atoms with Crippen LogP contribution in [0.3, 0.4) is 0 Å². The molecule has 0 atom stereocenters. The third-order valence-corrected chi connectivity index (χ3v) is 3.59. The first-order chi connectivity index (χ1) is 11.1. The quantitative estimate of drug-likeness (QED) is 0.737. The van der Waals surface area contributed by atoms with Crippen LogP contribution in [0.2, 0.25) is 0 Å². The molecule has 0 unspecified atom stereocenters. The summed E-state index contributed by atoms with van der Waals surface area (Å²) in [6, 6.07) is 9.65. The molecule has 0 aliphatic carbocycles. The van der Waals surface area contributed by atoms with E-state index in [1.165, 1.54) is 12.8 Å². The van der Waals surface area contributed by atoms with Crippen molar-refractivity contribution in [3.63, 3.8) is 0 Å². The Morgan fingerprint density at radius 3 is 2.43 bits per heavy atom. The second kappa shape index (κ2) is 8.32. The summed E-state index contributed by atoms with van der Waals surface area (Å²) in [5.41, 5.74) is 3.63. The molecule has 122 valence electrons. The zero-order chi connectivity index (χ0) is 16.7. The van der Waals surface area contributed by atoms with Crippen LogP contribution in [-0.4, -0.2) is 17.4 Å². The molecular weight excluding hydrogens is 286 g/mol. The zero-order valence-corrected chi connectivity index (χ0v) is 14.1. The van der Waals surface area contributed by atoms with Crippen LogP contribution in [0.1, 0.15) is 47.7 Å². The maximum absolute atomic E-state index is 12.3. The number of benzene rings is 1. The number of hydrogen-bond donors (Lipinski definition) is 2. The second-order valence-electron chi connectivity index (χ2n) is 5.90. The van der Waals surface area contributed by atoms with Gasteiger partial charge in [-0.25, -0.2) is 4.98 Å². The monoisotopic (exact) mass is 311 g/mol. The van der Waals surface area contributed by atoms with Gasteiger partial charge in [-0.05, 0) is 55.7 Å². The average Bonchev–Trinajstić information content (AvgIpc) is 2.51. The van der Waals surface area contributed by atoms with Gasteiger partial charge in [0.15, 0.2) is 0 Å². The molecule has 0 saturated carbocycles. The van der Waals surface area contributed by atoms with Gasteiger partial charge in [-0.1, -0.05) is 25.8 Å². The van der Waals surface area contributed by atoms with E-state index >= 15 is 0 Å². The van der Waals surface area contributed by atoms with Crippen molar-refractivity contribution in [3.8, 4) is 0 Å². The fourth-order valence-electron chi connectivity index (χ4n) is 2.47. The molecule has 1 heterocycles. The summed E-state index contributed by atoms with van der Waals surface area (Å²) in [7, 11) is 0. The molecule has 0 saturated heterocycles. The van der Waals surface area contributed by atoms with E-state index in [-0.39, 0.29) is 5.91 Å². The summed E-state index contributed by atoms with van der Waals surface area (Å²) >= 11 is 0. The molecule has 0 spiro atoms. The average molecular weight is 311 g/mol. The maximum Gasteiger partial charge on any atom is 0.257 e. The maximum atomic E-state index is 12.3. The van der Waals surface area contributed by atoms with Crippen LogP contribution in [0.25, 0.3) is 0 Å². The molecule has 2 N–H and O–H groups in total. The number of nitrogens with zero attached hydrogens (tertiary/aromatic N) is 1. The number of unbranched alkanes of at least 4 members (excludes halogenated alkanes) is 2. The number of rotatable bonds is 7. The summed E-state index contributed by atoms with van der Waals surface area (Å²) in [5, 5.41) is 6.19. The SMILES string of the molecule is CCCCCNc1ccc(C(=O)Nc2cc(C)cc(C)c2)cn1. The van der Waals surface area contributed by atoms with Gasteiger partial charge < -0.3 is 10.6 Å². The summed E-state index contributed by atoms with van der Waals surface area (Å²) in [5.74, 6) is 0.670. The first-order valence-corrected chi connectivity index (χ1v) is 8.18. The molecule has 4 heteroatoms. The number of carbonyl (C=O) groups is 1. The topological polar surface area (TPSA) is 54.0 Å². The van der Waals surface area contributed by atoms with E-state index < -0.39 is 0 Å². The van der Waals surface area contributed by atoms with Crippen molar-refractivity contribution in [2.24, 2.45) is 0 Å². The van der Waals surface area contributed by atoms with Gasteiger partial charge in [0.1, 0.15) is 5.82 Å². The van der Waals surface area contributed by atoms with Crippen molar-refractivity contribution in [1.29, 1.82) is 0 Å². The lowest BCUT2D eigenvalue weighted by Crippen LogP contribution is -2.13. The largest absolute Gasteiger partial charge is 0.370 e. The Morgan fingerprint density at radius 1 is 1.09 bits per heavy atom. The van der Waals surface area contributed by atoms with E-state index in [2.05, 4.69) is 28.6 Å². The summed E-state index contributed by atoms with van der Waals surface area (Å²) in [4.78, 5) is 16.6. The second-order valence-corrected chi connectivity index (χ2v) is 5.90. The van der Waals surface area contributed by atoms with Crippen molar-refractivity contribution < 1.29 is 4.79 Å². The Morgan fingerprint density at radius 2 is 1.83 bits per heavy atom. The first kappa shape index (κ1) is 17.0. The third kappa shape index (κ3) is 5.40. The minimum atomic E-state index is -0.139. The molecule has 1 aromatic heterocycles. The van der Waals surface area contributed by atoms with Crippen molar-refractivity contribution in [2.45, 2.75) is 40.0 Å². The molecule has 0 bridgehead atoms. The first-order valence-electron chi connectivity index (χ1n) is 8.18. The van der Waals surface area contributed by atoms with Crippen LogP contribution < -0.4 is 10.6 Å². The number of hydrogen-bond acceptors (Lipinski definition) is 3. The smallest absolute Gasteiger partial charge is 0.257 e. The standard InChI is InChI=1S/C19H25N3O/c1-4-5-6-9-20-18-8-7-16(13-21-18)19(23)22-17-11-14(2)10-15(3)12-17/h7-8,10-13H,4-6,9H2,1-3H3,(H,20,21)(H,22,23). The van der Waals surface area contributed by atoms with Gasteiger partial charge in [-0.2, -0.15) is 0 Å². The molecular formula is C19H25N3O. The fraction of sp³-hybridized carbons (Fsp3) is 0.368. The van der Waals surface area contributed by atoms with Gasteiger partial charge >= 0.3 is 0 Å². The van der Waals surface area contributed by atoms with E-state index in [1.54, 1.807) is 12.3 Å². The van der Waals surface area contributed by atoms with Gasteiger partial charge in [0.25, 0.3) is 5.91 Å². The number of nitrogens with one attached hydrogen (secondary N) is 2. The van der Waals surface area contributed by atoms with Gasteiger partial charge in [0.05, 0.1) is 5.56 Å². The van der Waals surface area contributed by atoms with E-state index in [9.17, 15) is 4.79 Å². The van der Waals surface area contributed by atoms with Crippen LogP contribution in [0.4, 0.5) is 11.5 Å². The number of carbonyl (C=O) groups excluding carboxylic acids is 1. The van der Waals surface area contributed by atoms with Crippen molar-refractivity contribution in [1.82, 2.24) is 4.98 Å². The van der Waals surface area contributed by atoms with E-state index in [0.717, 1.165) is 35.6 Å². The summed E-state index contributed by atoms with van der Waals surface area (Å²) in [6.07, 6.45) is 5.16. The summed E-state index contributed by atoms with van der Waals surface area (Å²) in [6.45, 7) is 7.13. The molecule has 0 aliphatic heterocycles. The number of pyridine rings is 1. The normalized spacial score (nSPS) is 10.4. The highest BCUT2D eigenvalue weighted by Gasteiger charge is 2.07. The number of aryl methyl sites for hydroxylation is 2.